The normalized spacial score (nSPS) is 22.1. The number of aromatic amines is 1. The minimum atomic E-state index is -1.34. The summed E-state index contributed by atoms with van der Waals surface area (Å²) in [6, 6.07) is 5.35. The molecule has 60 heavy (non-hydrogen) atoms. The SMILES string of the molecule is CCC(NC(=O)CNC)C(=O)N1CC(F)CC1Cc1c(-c2nc3cc(F)ccc3n2CC2CC(F)CN2C(=O)C(NC(=O)CNC)C2CCCCC2)[nH]c2cc(F)ccc12. The number of hydrogen-bond donors (Lipinski definition) is 5. The van der Waals surface area contributed by atoms with Gasteiger partial charge in [0.25, 0.3) is 0 Å². The zero-order valence-corrected chi connectivity index (χ0v) is 34.3. The summed E-state index contributed by atoms with van der Waals surface area (Å²) in [6.07, 6.45) is 2.19. The van der Waals surface area contributed by atoms with Crippen molar-refractivity contribution in [3.05, 3.63) is 53.6 Å². The molecular weight excluding hydrogens is 783 g/mol. The van der Waals surface area contributed by atoms with E-state index in [1.807, 2.05) is 0 Å². The molecule has 4 aromatic rings. The number of carbonyl (C=O) groups is 4. The van der Waals surface area contributed by atoms with Crippen molar-refractivity contribution in [2.24, 2.45) is 5.92 Å². The second kappa shape index (κ2) is 18.7. The predicted octanol–water partition coefficient (Wildman–Crippen LogP) is 4.28. The van der Waals surface area contributed by atoms with Crippen molar-refractivity contribution in [2.45, 2.75) is 108 Å². The highest BCUT2D eigenvalue weighted by molar-refractivity contribution is 5.93. The minimum absolute atomic E-state index is 0.00615. The third kappa shape index (κ3) is 9.16. The number of aromatic nitrogens is 3. The number of nitrogens with one attached hydrogen (secondary N) is 5. The first kappa shape index (κ1) is 43.1. The van der Waals surface area contributed by atoms with Gasteiger partial charge in [-0.05, 0) is 81.6 Å². The molecule has 0 radical (unpaired) electrons. The van der Waals surface area contributed by atoms with Gasteiger partial charge in [-0.25, -0.2) is 22.5 Å². The number of likely N-dealkylation sites (N-methyl/N-ethyl adjacent to an activating group) is 2. The molecule has 7 rings (SSSR count). The van der Waals surface area contributed by atoms with Gasteiger partial charge in [0.15, 0.2) is 5.82 Å². The fourth-order valence-corrected chi connectivity index (χ4v) is 9.54. The highest BCUT2D eigenvalue weighted by Crippen LogP contribution is 2.38. The van der Waals surface area contributed by atoms with Crippen molar-refractivity contribution < 1.29 is 36.7 Å². The third-order valence-electron chi connectivity index (χ3n) is 12.3. The predicted molar refractivity (Wildman–Crippen MR) is 219 cm³/mol. The van der Waals surface area contributed by atoms with E-state index in [1.54, 1.807) is 37.7 Å². The van der Waals surface area contributed by atoms with Gasteiger partial charge in [0.05, 0.1) is 48.9 Å². The Morgan fingerprint density at radius 1 is 0.833 bits per heavy atom. The van der Waals surface area contributed by atoms with Crippen LogP contribution >= 0.6 is 0 Å². The Hall–Kier alpha value is -5.03. The minimum Gasteiger partial charge on any atom is -0.352 e. The standard InChI is InChI=1S/C43H55F4N9O4/c1-4-33(50-37(57)19-48-2)42(59)54-21-27(46)14-29(54)18-32-31-12-10-25(44)16-34(31)51-40(32)41-52-35-17-26(45)11-13-36(35)56(41)23-30-15-28(47)22-55(30)43(60)39(53-38(58)20-49-3)24-8-6-5-7-9-24/h10-13,16-17,24,27-30,33,39,48-49,51H,4-9,14-15,18-23H2,1-3H3,(H,50,57)(H,53,58). The molecule has 2 saturated heterocycles. The number of halogens is 4. The van der Waals surface area contributed by atoms with Crippen LogP contribution in [-0.4, -0.2) is 125 Å². The van der Waals surface area contributed by atoms with E-state index in [0.717, 1.165) is 32.1 Å². The van der Waals surface area contributed by atoms with Crippen LogP contribution in [0.4, 0.5) is 17.6 Å². The van der Waals surface area contributed by atoms with Gasteiger partial charge < -0.3 is 40.6 Å². The number of fused-ring (bicyclic) bond motifs is 2. The molecule has 1 saturated carbocycles. The molecule has 2 aliphatic heterocycles. The maximum absolute atomic E-state index is 15.6. The first-order valence-electron chi connectivity index (χ1n) is 21.1. The van der Waals surface area contributed by atoms with Crippen LogP contribution in [0.15, 0.2) is 36.4 Å². The molecule has 17 heteroatoms. The first-order valence-corrected chi connectivity index (χ1v) is 21.1. The van der Waals surface area contributed by atoms with E-state index in [2.05, 4.69) is 26.3 Å². The molecular formula is C43H55F4N9O4. The summed E-state index contributed by atoms with van der Waals surface area (Å²) in [6.45, 7) is 1.52. The number of carbonyl (C=O) groups excluding carboxylic acids is 4. The van der Waals surface area contributed by atoms with E-state index in [0.29, 0.717) is 33.5 Å². The molecule has 2 aromatic carbocycles. The molecule has 6 unspecified atom stereocenters. The molecule has 3 aliphatic rings. The third-order valence-corrected chi connectivity index (χ3v) is 12.3. The second-order valence-corrected chi connectivity index (χ2v) is 16.5. The summed E-state index contributed by atoms with van der Waals surface area (Å²) >= 11 is 0. The van der Waals surface area contributed by atoms with Crippen molar-refractivity contribution in [1.82, 2.24) is 45.6 Å². The number of alkyl halides is 2. The highest BCUT2D eigenvalue weighted by Gasteiger charge is 2.43. The van der Waals surface area contributed by atoms with Gasteiger partial charge in [0, 0.05) is 42.4 Å². The van der Waals surface area contributed by atoms with Crippen LogP contribution in [0, 0.1) is 17.6 Å². The number of imidazole rings is 1. The van der Waals surface area contributed by atoms with E-state index in [-0.39, 0.29) is 87.6 Å². The lowest BCUT2D eigenvalue weighted by Crippen LogP contribution is -2.55. The molecule has 324 valence electrons. The molecule has 13 nitrogen and oxygen atoms in total. The zero-order valence-electron chi connectivity index (χ0n) is 34.3. The summed E-state index contributed by atoms with van der Waals surface area (Å²) in [4.78, 5) is 65.0. The van der Waals surface area contributed by atoms with Gasteiger partial charge in [-0.1, -0.05) is 26.2 Å². The molecule has 3 fully saturated rings. The Morgan fingerprint density at radius 3 is 2.15 bits per heavy atom. The Bertz CT molecular complexity index is 2210. The number of H-pyrrole nitrogens is 1. The quantitative estimate of drug-likeness (QED) is 0.112. The fourth-order valence-electron chi connectivity index (χ4n) is 9.54. The Kier molecular flexibility index (Phi) is 13.4. The lowest BCUT2D eigenvalue weighted by molar-refractivity contribution is -0.139. The van der Waals surface area contributed by atoms with E-state index >= 15 is 8.78 Å². The van der Waals surface area contributed by atoms with Gasteiger partial charge in [-0.15, -0.1) is 0 Å². The van der Waals surface area contributed by atoms with E-state index in [1.165, 1.54) is 34.1 Å². The van der Waals surface area contributed by atoms with Crippen LogP contribution in [-0.2, 0) is 32.1 Å². The van der Waals surface area contributed by atoms with Gasteiger partial charge in [-0.3, -0.25) is 19.2 Å². The molecule has 6 atom stereocenters. The molecule has 5 N–H and O–H groups in total. The molecule has 0 bridgehead atoms. The van der Waals surface area contributed by atoms with Gasteiger partial charge in [0.1, 0.15) is 36.1 Å². The van der Waals surface area contributed by atoms with Crippen molar-refractivity contribution in [2.75, 3.05) is 40.3 Å². The van der Waals surface area contributed by atoms with Gasteiger partial charge in [-0.2, -0.15) is 0 Å². The van der Waals surface area contributed by atoms with Crippen LogP contribution in [0.5, 0.6) is 0 Å². The van der Waals surface area contributed by atoms with E-state index < -0.39 is 54.1 Å². The number of amides is 4. The lowest BCUT2D eigenvalue weighted by Gasteiger charge is -2.35. The van der Waals surface area contributed by atoms with E-state index in [9.17, 15) is 28.0 Å². The number of rotatable bonds is 15. The average molecular weight is 838 g/mol. The van der Waals surface area contributed by atoms with Crippen LogP contribution < -0.4 is 21.3 Å². The summed E-state index contributed by atoms with van der Waals surface area (Å²) < 4.78 is 62.4. The van der Waals surface area contributed by atoms with Crippen molar-refractivity contribution in [1.29, 1.82) is 0 Å². The monoisotopic (exact) mass is 837 g/mol. The topological polar surface area (TPSA) is 156 Å². The number of hydrogen-bond acceptors (Lipinski definition) is 7. The number of benzene rings is 2. The molecule has 0 spiro atoms. The molecule has 4 amide bonds. The highest BCUT2D eigenvalue weighted by atomic mass is 19.1. The molecule has 4 heterocycles. The summed E-state index contributed by atoms with van der Waals surface area (Å²) in [5.74, 6) is -2.30. The smallest absolute Gasteiger partial charge is 0.245 e. The number of nitrogens with zero attached hydrogens (tertiary/aromatic N) is 4. The largest absolute Gasteiger partial charge is 0.352 e. The maximum atomic E-state index is 15.6. The maximum Gasteiger partial charge on any atom is 0.245 e. The lowest BCUT2D eigenvalue weighted by atomic mass is 9.83. The van der Waals surface area contributed by atoms with Crippen molar-refractivity contribution >= 4 is 45.6 Å². The van der Waals surface area contributed by atoms with Gasteiger partial charge >= 0.3 is 0 Å². The fraction of sp³-hybridized carbons (Fsp3) is 0.558. The average Bonchev–Trinajstić information content (AvgIpc) is 3.98. The summed E-state index contributed by atoms with van der Waals surface area (Å²) in [5, 5.41) is 11.9. The van der Waals surface area contributed by atoms with Crippen LogP contribution in [0.2, 0.25) is 0 Å². The van der Waals surface area contributed by atoms with Crippen molar-refractivity contribution in [3.8, 4) is 11.5 Å². The van der Waals surface area contributed by atoms with Gasteiger partial charge in [0.2, 0.25) is 23.6 Å². The Morgan fingerprint density at radius 2 is 1.47 bits per heavy atom. The first-order chi connectivity index (χ1) is 28.9. The van der Waals surface area contributed by atoms with E-state index in [4.69, 9.17) is 4.98 Å². The van der Waals surface area contributed by atoms with Crippen molar-refractivity contribution in [3.63, 3.8) is 0 Å². The second-order valence-electron chi connectivity index (χ2n) is 16.5. The zero-order chi connectivity index (χ0) is 42.7. The Labute approximate surface area is 346 Å². The Balaban J connectivity index is 1.27. The van der Waals surface area contributed by atoms with Crippen LogP contribution in [0.3, 0.4) is 0 Å². The molecule has 1 aliphatic carbocycles. The summed E-state index contributed by atoms with van der Waals surface area (Å²) in [7, 11) is 3.26. The van der Waals surface area contributed by atoms with Crippen LogP contribution in [0.25, 0.3) is 33.5 Å². The van der Waals surface area contributed by atoms with Crippen LogP contribution in [0.1, 0.15) is 63.9 Å². The summed E-state index contributed by atoms with van der Waals surface area (Å²) in [5.41, 5.74) is 2.24. The molecule has 2 aromatic heterocycles. The number of likely N-dealkylation sites (tertiary alicyclic amines) is 2.